The van der Waals surface area contributed by atoms with Crippen molar-refractivity contribution in [3.05, 3.63) is 58.7 Å². The molecular weight excluding hydrogens is 777 g/mol. The maximum Gasteiger partial charge on any atom is 0.338 e. The minimum atomic E-state index is -0.636. The minimum absolute atomic E-state index is 0.0108. The third kappa shape index (κ3) is 10.4. The topological polar surface area (TPSA) is 112 Å². The largest absolute Gasteiger partial charge is 0.462 e. The first-order chi connectivity index (χ1) is 26.3. The molecular formula is C41H54N2O8S4. The Hall–Kier alpha value is -2.68. The molecule has 0 spiro atoms. The first-order valence-corrected chi connectivity index (χ1v) is 23.6. The van der Waals surface area contributed by atoms with Crippen molar-refractivity contribution < 1.29 is 38.1 Å². The molecule has 55 heavy (non-hydrogen) atoms. The minimum Gasteiger partial charge on any atom is -0.462 e. The van der Waals surface area contributed by atoms with Gasteiger partial charge in [0, 0.05) is 40.8 Å². The number of carbonyl (C=O) groups is 4. The maximum absolute atomic E-state index is 13.4. The van der Waals surface area contributed by atoms with Crippen LogP contribution in [-0.4, -0.2) is 92.8 Å². The molecule has 0 radical (unpaired) electrons. The lowest BCUT2D eigenvalue weighted by molar-refractivity contribution is -0.00647. The highest BCUT2D eigenvalue weighted by molar-refractivity contribution is 8.08. The fourth-order valence-electron chi connectivity index (χ4n) is 7.12. The number of hydrogen-bond donors (Lipinski definition) is 0. The Morgan fingerprint density at radius 2 is 0.873 bits per heavy atom. The summed E-state index contributed by atoms with van der Waals surface area (Å²) < 4.78 is 23.2. The van der Waals surface area contributed by atoms with Gasteiger partial charge in [0.2, 0.25) is 0 Å². The van der Waals surface area contributed by atoms with Crippen molar-refractivity contribution in [1.82, 2.24) is 0 Å². The number of carbonyl (C=O) groups excluding carboxylic acids is 4. The van der Waals surface area contributed by atoms with E-state index in [0.717, 1.165) is 72.9 Å². The van der Waals surface area contributed by atoms with Gasteiger partial charge in [-0.2, -0.15) is 0 Å². The second-order valence-corrected chi connectivity index (χ2v) is 20.5. The highest BCUT2D eigenvalue weighted by atomic mass is 32.2. The summed E-state index contributed by atoms with van der Waals surface area (Å²) in [6, 6.07) is 10.3. The Bertz CT molecular complexity index is 1570. The number of unbranched alkanes of at least 4 members (excludes halogenated alkanes) is 2. The van der Waals surface area contributed by atoms with Crippen LogP contribution >= 0.6 is 47.0 Å². The molecule has 14 heteroatoms. The van der Waals surface area contributed by atoms with Crippen LogP contribution in [-0.2, 0) is 18.9 Å². The lowest BCUT2D eigenvalue weighted by Gasteiger charge is -2.26. The van der Waals surface area contributed by atoms with Crippen LogP contribution < -0.4 is 9.80 Å². The number of esters is 4. The van der Waals surface area contributed by atoms with Gasteiger partial charge in [-0.1, -0.05) is 26.7 Å². The Balaban J connectivity index is 1.09. The molecule has 4 aliphatic heterocycles. The number of thioether (sulfide) groups is 4. The molecule has 0 aliphatic carbocycles. The number of ether oxygens (including phenoxy) is 4. The van der Waals surface area contributed by atoms with Gasteiger partial charge in [0.05, 0.1) is 57.0 Å². The summed E-state index contributed by atoms with van der Waals surface area (Å²) in [5, 5.41) is 1.13. The summed E-state index contributed by atoms with van der Waals surface area (Å²) in [5.41, 5.74) is 1.52. The van der Waals surface area contributed by atoms with Crippen molar-refractivity contribution in [1.29, 1.82) is 0 Å². The van der Waals surface area contributed by atoms with E-state index in [2.05, 4.69) is 23.6 Å². The van der Waals surface area contributed by atoms with E-state index >= 15 is 0 Å². The Kier molecular flexibility index (Phi) is 13.9. The van der Waals surface area contributed by atoms with Crippen LogP contribution in [0.2, 0.25) is 0 Å². The summed E-state index contributed by atoms with van der Waals surface area (Å²) in [7, 11) is 0. The van der Waals surface area contributed by atoms with Gasteiger partial charge in [0.15, 0.2) is 0 Å². The van der Waals surface area contributed by atoms with E-state index in [0.29, 0.717) is 11.1 Å². The van der Waals surface area contributed by atoms with Gasteiger partial charge < -0.3 is 28.7 Å². The Morgan fingerprint density at radius 1 is 0.545 bits per heavy atom. The lowest BCUT2D eigenvalue weighted by atomic mass is 10.0. The SMILES string of the molecule is CCCCC(C)(C)OC(=O)c1cc(C(=O)OCCCOC(=O)c2cc(C(=O)OC(C)(C)CCCC)cc(N3C4CSC3CS4)c2)cc(N2C3CSC2CS3)c1. The van der Waals surface area contributed by atoms with Crippen molar-refractivity contribution >= 4 is 82.3 Å². The van der Waals surface area contributed by atoms with E-state index in [1.807, 2.05) is 86.9 Å². The quantitative estimate of drug-likeness (QED) is 0.0808. The molecule has 2 aromatic carbocycles. The Labute approximate surface area is 342 Å². The van der Waals surface area contributed by atoms with E-state index in [1.165, 1.54) is 0 Å². The van der Waals surface area contributed by atoms with Crippen LogP contribution in [0.4, 0.5) is 11.4 Å². The number of nitrogens with zero attached hydrogens (tertiary/aromatic N) is 2. The van der Waals surface area contributed by atoms with Crippen molar-refractivity contribution in [2.24, 2.45) is 0 Å². The standard InChI is InChI=1S/C41H54N2O8S4/c1-7-9-12-40(3,4)50-38(46)28-16-26(18-30(20-28)42-32-22-52-33(42)23-53-32)36(44)48-14-11-15-49-37(45)27-17-29(39(47)51-41(5,6)13-10-8-2)21-31(19-27)43-34-24-54-35(43)25-55-34/h16-21,32-35H,7-15,22-25H2,1-6H3. The van der Waals surface area contributed by atoms with E-state index in [1.54, 1.807) is 24.3 Å². The Morgan fingerprint density at radius 3 is 1.18 bits per heavy atom. The van der Waals surface area contributed by atoms with Gasteiger partial charge in [0.25, 0.3) is 0 Å². The fraction of sp³-hybridized carbons (Fsp3) is 0.610. The van der Waals surface area contributed by atoms with Gasteiger partial charge in [-0.3, -0.25) is 0 Å². The van der Waals surface area contributed by atoms with Crippen LogP contribution in [0, 0.1) is 0 Å². The van der Waals surface area contributed by atoms with Crippen LogP contribution in [0.5, 0.6) is 0 Å². The van der Waals surface area contributed by atoms with Gasteiger partial charge in [-0.25, -0.2) is 19.2 Å². The van der Waals surface area contributed by atoms with E-state index in [9.17, 15) is 19.2 Å². The normalized spacial score (nSPS) is 21.6. The lowest BCUT2D eigenvalue weighted by Crippen LogP contribution is -2.30. The predicted octanol–water partition coefficient (Wildman–Crippen LogP) is 9.25. The average molecular weight is 831 g/mol. The zero-order valence-corrected chi connectivity index (χ0v) is 36.0. The second kappa shape index (κ2) is 18.3. The molecule has 300 valence electrons. The molecule has 4 aliphatic rings. The molecule has 4 bridgehead atoms. The molecule has 0 N–H and O–H groups in total. The molecule has 4 fully saturated rings. The van der Waals surface area contributed by atoms with Crippen molar-refractivity contribution in [2.45, 2.75) is 119 Å². The summed E-state index contributed by atoms with van der Waals surface area (Å²) in [4.78, 5) is 58.3. The van der Waals surface area contributed by atoms with Gasteiger partial charge in [0.1, 0.15) is 11.2 Å². The van der Waals surface area contributed by atoms with Crippen LogP contribution in [0.1, 0.15) is 128 Å². The molecule has 4 unspecified atom stereocenters. The molecule has 6 rings (SSSR count). The van der Waals surface area contributed by atoms with E-state index in [4.69, 9.17) is 18.9 Å². The van der Waals surface area contributed by atoms with Crippen LogP contribution in [0.15, 0.2) is 36.4 Å². The average Bonchev–Trinajstić information content (AvgIpc) is 3.97. The van der Waals surface area contributed by atoms with Crippen molar-refractivity contribution in [3.8, 4) is 0 Å². The zero-order chi connectivity index (χ0) is 39.3. The zero-order valence-electron chi connectivity index (χ0n) is 32.8. The smallest absolute Gasteiger partial charge is 0.338 e. The predicted molar refractivity (Wildman–Crippen MR) is 226 cm³/mol. The first-order valence-electron chi connectivity index (χ1n) is 19.4. The number of hydrogen-bond acceptors (Lipinski definition) is 14. The third-order valence-corrected chi connectivity index (χ3v) is 16.1. The molecule has 4 atom stereocenters. The number of fused-ring (bicyclic) bond motifs is 4. The molecule has 0 saturated carbocycles. The molecule has 0 amide bonds. The maximum atomic E-state index is 13.4. The van der Waals surface area contributed by atoms with Crippen molar-refractivity contribution in [3.63, 3.8) is 0 Å². The van der Waals surface area contributed by atoms with Gasteiger partial charge in [-0.05, 0) is 89.8 Å². The van der Waals surface area contributed by atoms with Crippen molar-refractivity contribution in [2.75, 3.05) is 46.0 Å². The number of rotatable bonds is 18. The highest BCUT2D eigenvalue weighted by Crippen LogP contribution is 2.48. The summed E-state index contributed by atoms with van der Waals surface area (Å²) in [6.45, 7) is 11.9. The van der Waals surface area contributed by atoms with Gasteiger partial charge in [-0.15, -0.1) is 47.0 Å². The monoisotopic (exact) mass is 830 g/mol. The van der Waals surface area contributed by atoms with Crippen LogP contribution in [0.3, 0.4) is 0 Å². The number of anilines is 2. The summed E-state index contributed by atoms with van der Waals surface area (Å²) in [6.07, 6.45) is 5.63. The van der Waals surface area contributed by atoms with Crippen LogP contribution in [0.25, 0.3) is 0 Å². The molecule has 4 heterocycles. The number of benzene rings is 2. The third-order valence-electron chi connectivity index (χ3n) is 10.1. The van der Waals surface area contributed by atoms with E-state index in [-0.39, 0.29) is 52.3 Å². The van der Waals surface area contributed by atoms with E-state index < -0.39 is 35.1 Å². The highest BCUT2D eigenvalue weighted by Gasteiger charge is 2.43. The summed E-state index contributed by atoms with van der Waals surface area (Å²) >= 11 is 7.53. The first kappa shape index (κ1) is 41.9. The molecule has 2 aromatic rings. The van der Waals surface area contributed by atoms with Gasteiger partial charge >= 0.3 is 23.9 Å². The molecule has 4 saturated heterocycles. The molecule has 10 nitrogen and oxygen atoms in total. The summed E-state index contributed by atoms with van der Waals surface area (Å²) in [5.74, 6) is 1.88. The second-order valence-electron chi connectivity index (χ2n) is 15.6. The molecule has 0 aromatic heterocycles. The fourth-order valence-corrected chi connectivity index (χ4v) is 13.7.